The molecule has 1 aliphatic heterocycles. The monoisotopic (exact) mass is 478 g/mol. The van der Waals surface area contributed by atoms with Crippen LogP contribution < -0.4 is 5.73 Å². The lowest BCUT2D eigenvalue weighted by Gasteiger charge is -2.27. The first-order valence-corrected chi connectivity index (χ1v) is 11.2. The number of rotatable bonds is 8. The largest absolute Gasteiger partial charge is 0.457 e. The zero-order chi connectivity index (χ0) is 25.3. The molecular formula is C23H34N4O7. The Kier molecular flexibility index (Phi) is 7.49. The molecule has 4 atom stereocenters. The first kappa shape index (κ1) is 25.9. The lowest BCUT2D eigenvalue weighted by molar-refractivity contribution is -0.173. The second kappa shape index (κ2) is 9.85. The van der Waals surface area contributed by atoms with Crippen LogP contribution in [0.2, 0.25) is 0 Å². The van der Waals surface area contributed by atoms with Gasteiger partial charge in [-0.05, 0) is 45.7 Å². The summed E-state index contributed by atoms with van der Waals surface area (Å²) in [6, 6.07) is 3.45. The molecule has 0 unspecified atom stereocenters. The van der Waals surface area contributed by atoms with Crippen molar-refractivity contribution in [1.29, 1.82) is 0 Å². The topological polar surface area (TPSA) is 148 Å². The van der Waals surface area contributed by atoms with Crippen LogP contribution in [-0.4, -0.2) is 63.4 Å². The molecule has 0 radical (unpaired) electrons. The first-order valence-electron chi connectivity index (χ1n) is 11.2. The fourth-order valence-corrected chi connectivity index (χ4v) is 3.79. The molecule has 2 aromatic heterocycles. The van der Waals surface area contributed by atoms with Gasteiger partial charge in [0.05, 0.1) is 17.7 Å². The number of fused-ring (bicyclic) bond motifs is 1. The Morgan fingerprint density at radius 3 is 2.68 bits per heavy atom. The van der Waals surface area contributed by atoms with Crippen molar-refractivity contribution in [3.05, 3.63) is 24.2 Å². The van der Waals surface area contributed by atoms with Gasteiger partial charge in [0.1, 0.15) is 29.7 Å². The third kappa shape index (κ3) is 5.31. The van der Waals surface area contributed by atoms with Crippen molar-refractivity contribution in [3.8, 4) is 0 Å². The maximum Gasteiger partial charge on any atom is 0.313 e. The molecule has 3 rings (SSSR count). The van der Waals surface area contributed by atoms with Gasteiger partial charge in [-0.2, -0.15) is 5.10 Å². The summed E-state index contributed by atoms with van der Waals surface area (Å²) < 4.78 is 24.1. The third-order valence-electron chi connectivity index (χ3n) is 5.64. The Labute approximate surface area is 198 Å². The molecule has 3 heterocycles. The van der Waals surface area contributed by atoms with Crippen molar-refractivity contribution in [1.82, 2.24) is 14.6 Å². The van der Waals surface area contributed by atoms with Gasteiger partial charge in [-0.25, -0.2) is 9.50 Å². The SMILES string of the molecule is CC(C)CC(=O)O[C@H]1[C@@H](O)[C@](C)(c2ccc3c(N)ncnn23)O[C@@H]1COCOC(=O)C(C)(C)C. The Morgan fingerprint density at radius 1 is 1.32 bits per heavy atom. The number of ether oxygens (including phenoxy) is 4. The number of aliphatic hydroxyl groups is 1. The molecule has 0 aromatic carbocycles. The average molecular weight is 479 g/mol. The molecule has 0 saturated carbocycles. The van der Waals surface area contributed by atoms with E-state index in [1.165, 1.54) is 10.8 Å². The number of esters is 2. The van der Waals surface area contributed by atoms with Gasteiger partial charge in [0.25, 0.3) is 0 Å². The Bertz CT molecular complexity index is 1030. The van der Waals surface area contributed by atoms with Gasteiger partial charge < -0.3 is 29.8 Å². The number of hydrogen-bond donors (Lipinski definition) is 2. The van der Waals surface area contributed by atoms with Crippen molar-refractivity contribution >= 4 is 23.3 Å². The highest BCUT2D eigenvalue weighted by molar-refractivity contribution is 5.75. The molecule has 1 aliphatic rings. The Balaban J connectivity index is 1.81. The quantitative estimate of drug-likeness (QED) is 0.327. The van der Waals surface area contributed by atoms with E-state index in [9.17, 15) is 14.7 Å². The summed E-state index contributed by atoms with van der Waals surface area (Å²) in [5.74, 6) is -0.513. The molecular weight excluding hydrogens is 444 g/mol. The number of nitrogen functional groups attached to an aromatic ring is 1. The number of aliphatic hydroxyl groups excluding tert-OH is 1. The van der Waals surface area contributed by atoms with E-state index in [1.807, 2.05) is 13.8 Å². The van der Waals surface area contributed by atoms with Gasteiger partial charge in [-0.1, -0.05) is 13.8 Å². The molecule has 0 amide bonds. The van der Waals surface area contributed by atoms with E-state index in [0.29, 0.717) is 11.2 Å². The molecule has 11 heteroatoms. The number of carbonyl (C=O) groups is 2. The number of nitrogens with zero attached hydrogens (tertiary/aromatic N) is 3. The standard InChI is InChI=1S/C23H34N4O7/c1-13(2)9-17(28)33-18-15(10-31-12-32-21(30)22(3,4)5)34-23(6,19(18)29)16-8-7-14-20(24)25-11-26-27(14)16/h7-8,11,13,15,18-19,29H,9-10,12H2,1-6H3,(H2,24,25,26)/t15-,18-,19-,23+/m1/s1. The van der Waals surface area contributed by atoms with Crippen molar-refractivity contribution in [2.45, 2.75) is 71.9 Å². The molecule has 0 aliphatic carbocycles. The van der Waals surface area contributed by atoms with E-state index >= 15 is 0 Å². The van der Waals surface area contributed by atoms with Crippen LogP contribution in [0.25, 0.3) is 5.52 Å². The number of aromatic nitrogens is 3. The molecule has 0 spiro atoms. The summed E-state index contributed by atoms with van der Waals surface area (Å²) in [5.41, 5.74) is 5.04. The summed E-state index contributed by atoms with van der Waals surface area (Å²) in [7, 11) is 0. The van der Waals surface area contributed by atoms with E-state index in [2.05, 4.69) is 10.1 Å². The van der Waals surface area contributed by atoms with Crippen LogP contribution in [0, 0.1) is 11.3 Å². The summed E-state index contributed by atoms with van der Waals surface area (Å²) in [6.07, 6.45) is -1.58. The first-order chi connectivity index (χ1) is 15.8. The molecule has 188 valence electrons. The summed E-state index contributed by atoms with van der Waals surface area (Å²) >= 11 is 0. The predicted molar refractivity (Wildman–Crippen MR) is 121 cm³/mol. The highest BCUT2D eigenvalue weighted by Crippen LogP contribution is 2.42. The highest BCUT2D eigenvalue weighted by Gasteiger charge is 2.56. The number of nitrogens with two attached hydrogens (primary N) is 1. The number of hydrogen-bond acceptors (Lipinski definition) is 10. The van der Waals surface area contributed by atoms with Crippen molar-refractivity contribution < 1.29 is 33.6 Å². The normalized spacial score (nSPS) is 25.1. The maximum atomic E-state index is 12.4. The summed E-state index contributed by atoms with van der Waals surface area (Å²) in [6.45, 7) is 10.3. The maximum absolute atomic E-state index is 12.4. The molecule has 34 heavy (non-hydrogen) atoms. The van der Waals surface area contributed by atoms with Crippen molar-refractivity contribution in [2.24, 2.45) is 11.3 Å². The van der Waals surface area contributed by atoms with Gasteiger partial charge in [0, 0.05) is 6.42 Å². The zero-order valence-corrected chi connectivity index (χ0v) is 20.5. The lowest BCUT2D eigenvalue weighted by Crippen LogP contribution is -2.42. The molecule has 2 aromatic rings. The molecule has 1 saturated heterocycles. The Morgan fingerprint density at radius 2 is 2.03 bits per heavy atom. The van der Waals surface area contributed by atoms with E-state index in [4.69, 9.17) is 24.7 Å². The van der Waals surface area contributed by atoms with Crippen molar-refractivity contribution in [3.63, 3.8) is 0 Å². The van der Waals surface area contributed by atoms with E-state index in [0.717, 1.165) is 0 Å². The molecule has 3 N–H and O–H groups in total. The number of anilines is 1. The van der Waals surface area contributed by atoms with Crippen LogP contribution in [0.5, 0.6) is 0 Å². The summed E-state index contributed by atoms with van der Waals surface area (Å²) in [4.78, 5) is 28.4. The lowest BCUT2D eigenvalue weighted by atomic mass is 9.93. The fraction of sp³-hybridized carbons (Fsp3) is 0.652. The van der Waals surface area contributed by atoms with Crippen LogP contribution in [-0.2, 0) is 34.1 Å². The smallest absolute Gasteiger partial charge is 0.313 e. The minimum absolute atomic E-state index is 0.0792. The van der Waals surface area contributed by atoms with E-state index in [-0.39, 0.29) is 31.6 Å². The van der Waals surface area contributed by atoms with Crippen LogP contribution in [0.1, 0.15) is 53.7 Å². The van der Waals surface area contributed by atoms with Crippen LogP contribution in [0.4, 0.5) is 5.82 Å². The summed E-state index contributed by atoms with van der Waals surface area (Å²) in [5, 5.41) is 15.5. The van der Waals surface area contributed by atoms with E-state index in [1.54, 1.807) is 39.8 Å². The average Bonchev–Trinajstić information content (AvgIpc) is 3.27. The predicted octanol–water partition coefficient (Wildman–Crippen LogP) is 1.81. The minimum atomic E-state index is -1.30. The third-order valence-corrected chi connectivity index (χ3v) is 5.64. The van der Waals surface area contributed by atoms with Crippen LogP contribution in [0.15, 0.2) is 18.5 Å². The van der Waals surface area contributed by atoms with Gasteiger partial charge in [-0.3, -0.25) is 9.59 Å². The second-order valence-electron chi connectivity index (χ2n) is 10.1. The van der Waals surface area contributed by atoms with Gasteiger partial charge in [0.2, 0.25) is 0 Å². The van der Waals surface area contributed by atoms with Crippen LogP contribution in [0.3, 0.4) is 0 Å². The van der Waals surface area contributed by atoms with Gasteiger partial charge in [0.15, 0.2) is 18.7 Å². The molecule has 11 nitrogen and oxygen atoms in total. The number of carbonyl (C=O) groups excluding carboxylic acids is 2. The zero-order valence-electron chi connectivity index (χ0n) is 20.5. The Hall–Kier alpha value is -2.76. The fourth-order valence-electron chi connectivity index (χ4n) is 3.79. The van der Waals surface area contributed by atoms with Gasteiger partial charge in [-0.15, -0.1) is 0 Å². The molecule has 0 bridgehead atoms. The highest BCUT2D eigenvalue weighted by atomic mass is 16.7. The van der Waals surface area contributed by atoms with Gasteiger partial charge >= 0.3 is 11.9 Å². The van der Waals surface area contributed by atoms with Crippen molar-refractivity contribution in [2.75, 3.05) is 19.1 Å². The minimum Gasteiger partial charge on any atom is -0.457 e. The molecule has 1 fully saturated rings. The second-order valence-corrected chi connectivity index (χ2v) is 10.1. The van der Waals surface area contributed by atoms with E-state index < -0.39 is 41.3 Å². The van der Waals surface area contributed by atoms with Crippen LogP contribution >= 0.6 is 0 Å².